The van der Waals surface area contributed by atoms with E-state index in [0.29, 0.717) is 24.3 Å². The highest BCUT2D eigenvalue weighted by atomic mass is 19.1. The molecule has 1 aromatic carbocycles. The number of benzene rings is 1. The molecule has 0 spiro atoms. The average Bonchev–Trinajstić information content (AvgIpc) is 2.85. The second kappa shape index (κ2) is 5.10. The maximum absolute atomic E-state index is 14.3. The van der Waals surface area contributed by atoms with Crippen molar-refractivity contribution in [2.45, 2.75) is 19.4 Å². The SMILES string of the molecule is Cc1[nH]c2cc(N3CCC(N)C3)c(F)cc2c(=O)c1C(=O)O. The number of aromatic carboxylic acids is 1. The molecule has 3 rings (SSSR count). The third-order valence-corrected chi connectivity index (χ3v) is 4.04. The predicted octanol–water partition coefficient (Wildman–Crippen LogP) is 1.21. The number of aromatic amines is 1. The first-order valence-electron chi connectivity index (χ1n) is 6.98. The molecule has 116 valence electrons. The topological polar surface area (TPSA) is 99.4 Å². The molecule has 1 aliphatic heterocycles. The van der Waals surface area contributed by atoms with E-state index in [-0.39, 0.29) is 22.7 Å². The van der Waals surface area contributed by atoms with E-state index in [9.17, 15) is 14.0 Å². The van der Waals surface area contributed by atoms with Crippen LogP contribution < -0.4 is 16.1 Å². The Morgan fingerprint density at radius 3 is 2.82 bits per heavy atom. The maximum Gasteiger partial charge on any atom is 0.341 e. The van der Waals surface area contributed by atoms with Gasteiger partial charge in [-0.3, -0.25) is 4.79 Å². The van der Waals surface area contributed by atoms with Crippen LogP contribution in [-0.2, 0) is 0 Å². The summed E-state index contributed by atoms with van der Waals surface area (Å²) in [5, 5.41) is 9.13. The van der Waals surface area contributed by atoms with Gasteiger partial charge in [-0.15, -0.1) is 0 Å². The number of aryl methyl sites for hydroxylation is 1. The van der Waals surface area contributed by atoms with Crippen LogP contribution in [0.1, 0.15) is 22.5 Å². The zero-order chi connectivity index (χ0) is 16.0. The Balaban J connectivity index is 2.21. The lowest BCUT2D eigenvalue weighted by molar-refractivity contribution is 0.0694. The van der Waals surface area contributed by atoms with Gasteiger partial charge in [0.15, 0.2) is 0 Å². The Labute approximate surface area is 125 Å². The molecule has 2 heterocycles. The summed E-state index contributed by atoms with van der Waals surface area (Å²) in [6.45, 7) is 2.72. The molecule has 1 aliphatic rings. The summed E-state index contributed by atoms with van der Waals surface area (Å²) in [6.07, 6.45) is 0.783. The first-order chi connectivity index (χ1) is 10.4. The van der Waals surface area contributed by atoms with Crippen LogP contribution >= 0.6 is 0 Å². The highest BCUT2D eigenvalue weighted by Gasteiger charge is 2.23. The van der Waals surface area contributed by atoms with Crippen molar-refractivity contribution in [2.24, 2.45) is 5.73 Å². The lowest BCUT2D eigenvalue weighted by Crippen LogP contribution is -2.27. The van der Waals surface area contributed by atoms with Crippen molar-refractivity contribution >= 4 is 22.6 Å². The van der Waals surface area contributed by atoms with Crippen molar-refractivity contribution in [2.75, 3.05) is 18.0 Å². The first kappa shape index (κ1) is 14.5. The molecule has 1 aromatic heterocycles. The molecule has 2 aromatic rings. The normalized spacial score (nSPS) is 18.1. The number of rotatable bonds is 2. The quantitative estimate of drug-likeness (QED) is 0.774. The van der Waals surface area contributed by atoms with Crippen LogP contribution in [0.25, 0.3) is 10.9 Å². The highest BCUT2D eigenvalue weighted by molar-refractivity contribution is 5.94. The van der Waals surface area contributed by atoms with Gasteiger partial charge < -0.3 is 20.7 Å². The second-order valence-corrected chi connectivity index (χ2v) is 5.60. The van der Waals surface area contributed by atoms with Crippen LogP contribution in [0.4, 0.5) is 10.1 Å². The smallest absolute Gasteiger partial charge is 0.341 e. The molecule has 1 atom stereocenters. The van der Waals surface area contributed by atoms with Crippen LogP contribution in [0.3, 0.4) is 0 Å². The second-order valence-electron chi connectivity index (χ2n) is 5.60. The van der Waals surface area contributed by atoms with Crippen molar-refractivity contribution in [1.82, 2.24) is 4.98 Å². The van der Waals surface area contributed by atoms with Crippen molar-refractivity contribution in [3.05, 3.63) is 39.4 Å². The van der Waals surface area contributed by atoms with E-state index < -0.39 is 17.2 Å². The number of carboxylic acid groups (broad SMARTS) is 1. The van der Waals surface area contributed by atoms with E-state index in [2.05, 4.69) is 4.98 Å². The number of nitrogens with one attached hydrogen (secondary N) is 1. The van der Waals surface area contributed by atoms with Gasteiger partial charge in [0.25, 0.3) is 0 Å². The zero-order valence-corrected chi connectivity index (χ0v) is 12.0. The molecule has 1 saturated heterocycles. The number of carboxylic acids is 1. The molecule has 22 heavy (non-hydrogen) atoms. The number of nitrogens with zero attached hydrogens (tertiary/aromatic N) is 1. The minimum Gasteiger partial charge on any atom is -0.477 e. The molecule has 0 aliphatic carbocycles. The number of H-pyrrole nitrogens is 1. The lowest BCUT2D eigenvalue weighted by atomic mass is 10.1. The van der Waals surface area contributed by atoms with E-state index in [4.69, 9.17) is 10.8 Å². The summed E-state index contributed by atoms with van der Waals surface area (Å²) in [7, 11) is 0. The summed E-state index contributed by atoms with van der Waals surface area (Å²) < 4.78 is 14.3. The van der Waals surface area contributed by atoms with Crippen LogP contribution in [0.15, 0.2) is 16.9 Å². The molecule has 0 bridgehead atoms. The number of halogens is 1. The van der Waals surface area contributed by atoms with Crippen LogP contribution in [0.2, 0.25) is 0 Å². The number of hydrogen-bond donors (Lipinski definition) is 3. The Kier molecular flexibility index (Phi) is 3.37. The maximum atomic E-state index is 14.3. The van der Waals surface area contributed by atoms with Crippen molar-refractivity contribution in [3.8, 4) is 0 Å². The largest absolute Gasteiger partial charge is 0.477 e. The lowest BCUT2D eigenvalue weighted by Gasteiger charge is -2.19. The van der Waals surface area contributed by atoms with Crippen molar-refractivity contribution < 1.29 is 14.3 Å². The minimum absolute atomic E-state index is 0.00488. The summed E-state index contributed by atoms with van der Waals surface area (Å²) in [6, 6.07) is 2.65. The highest BCUT2D eigenvalue weighted by Crippen LogP contribution is 2.27. The molecule has 0 radical (unpaired) electrons. The van der Waals surface area contributed by atoms with E-state index in [1.165, 1.54) is 6.92 Å². The van der Waals surface area contributed by atoms with Crippen molar-refractivity contribution in [3.63, 3.8) is 0 Å². The fourth-order valence-corrected chi connectivity index (χ4v) is 2.93. The molecule has 7 heteroatoms. The summed E-state index contributed by atoms with van der Waals surface area (Å²) in [5.74, 6) is -1.87. The van der Waals surface area contributed by atoms with Gasteiger partial charge in [-0.25, -0.2) is 9.18 Å². The van der Waals surface area contributed by atoms with Gasteiger partial charge in [-0.1, -0.05) is 0 Å². The van der Waals surface area contributed by atoms with E-state index in [1.807, 2.05) is 4.90 Å². The Morgan fingerprint density at radius 2 is 2.23 bits per heavy atom. The first-order valence-corrected chi connectivity index (χ1v) is 6.98. The van der Waals surface area contributed by atoms with Gasteiger partial charge in [-0.2, -0.15) is 0 Å². The van der Waals surface area contributed by atoms with Gasteiger partial charge in [0.05, 0.1) is 11.2 Å². The van der Waals surface area contributed by atoms with E-state index >= 15 is 0 Å². The predicted molar refractivity (Wildman–Crippen MR) is 81.0 cm³/mol. The average molecular weight is 305 g/mol. The van der Waals surface area contributed by atoms with Gasteiger partial charge in [0.2, 0.25) is 5.43 Å². The van der Waals surface area contributed by atoms with Crippen molar-refractivity contribution in [1.29, 1.82) is 0 Å². The van der Waals surface area contributed by atoms with Crippen LogP contribution in [0, 0.1) is 12.7 Å². The molecular weight excluding hydrogens is 289 g/mol. The third-order valence-electron chi connectivity index (χ3n) is 4.04. The fraction of sp³-hybridized carbons (Fsp3) is 0.333. The van der Waals surface area contributed by atoms with Gasteiger partial charge in [0, 0.05) is 30.2 Å². The molecule has 0 saturated carbocycles. The monoisotopic (exact) mass is 305 g/mol. The van der Waals surface area contributed by atoms with E-state index in [0.717, 1.165) is 12.5 Å². The molecular formula is C15H16FN3O3. The number of fused-ring (bicyclic) bond motifs is 1. The Bertz CT molecular complexity index is 831. The minimum atomic E-state index is -1.32. The summed E-state index contributed by atoms with van der Waals surface area (Å²) in [4.78, 5) is 28.1. The zero-order valence-electron chi connectivity index (χ0n) is 12.0. The van der Waals surface area contributed by atoms with Gasteiger partial charge in [0.1, 0.15) is 11.4 Å². The summed E-state index contributed by atoms with van der Waals surface area (Å²) >= 11 is 0. The molecule has 1 unspecified atom stereocenters. The van der Waals surface area contributed by atoms with E-state index in [1.54, 1.807) is 6.07 Å². The molecule has 0 amide bonds. The van der Waals surface area contributed by atoms with Crippen LogP contribution in [0.5, 0.6) is 0 Å². The van der Waals surface area contributed by atoms with Crippen LogP contribution in [-0.4, -0.2) is 35.2 Å². The molecule has 4 N–H and O–H groups in total. The fourth-order valence-electron chi connectivity index (χ4n) is 2.93. The van der Waals surface area contributed by atoms with Gasteiger partial charge >= 0.3 is 5.97 Å². The Morgan fingerprint density at radius 1 is 1.50 bits per heavy atom. The standard InChI is InChI=1S/C15H16FN3O3/c1-7-13(15(21)22)14(20)9-4-10(16)12(5-11(9)18-7)19-3-2-8(17)6-19/h4-5,8H,2-3,6,17H2,1H3,(H,18,20)(H,21,22). The number of carbonyl (C=O) groups is 1. The summed E-state index contributed by atoms with van der Waals surface area (Å²) in [5.41, 5.74) is 5.85. The number of pyridine rings is 1. The Hall–Kier alpha value is -2.41. The third kappa shape index (κ3) is 2.23. The molecule has 1 fully saturated rings. The number of hydrogen-bond acceptors (Lipinski definition) is 4. The number of nitrogens with two attached hydrogens (primary N) is 1. The van der Waals surface area contributed by atoms with Gasteiger partial charge in [-0.05, 0) is 25.5 Å². The number of aromatic nitrogens is 1. The number of anilines is 1. The molecule has 6 nitrogen and oxygen atoms in total.